The Labute approximate surface area is 157 Å². The quantitative estimate of drug-likeness (QED) is 0.865. The van der Waals surface area contributed by atoms with Crippen molar-refractivity contribution in [2.24, 2.45) is 7.05 Å². The molecule has 0 aliphatic carbocycles. The van der Waals surface area contributed by atoms with Crippen LogP contribution in [0.25, 0.3) is 0 Å². The van der Waals surface area contributed by atoms with E-state index in [0.717, 1.165) is 18.8 Å². The summed E-state index contributed by atoms with van der Waals surface area (Å²) in [5.74, 6) is -0.161. The second-order valence-corrected chi connectivity index (χ2v) is 6.86. The Morgan fingerprint density at radius 3 is 2.64 bits per heavy atom. The number of nitrogens with one attached hydrogen (secondary N) is 1. The molecule has 7 heteroatoms. The van der Waals surface area contributed by atoms with Crippen LogP contribution in [-0.4, -0.2) is 48.2 Å². The highest BCUT2D eigenvalue weighted by Gasteiger charge is 2.25. The lowest BCUT2D eigenvalue weighted by Gasteiger charge is -2.35. The maximum absolute atomic E-state index is 12.5. The molecule has 1 N–H and O–H groups in total. The summed E-state index contributed by atoms with van der Waals surface area (Å²) in [6, 6.07) is 9.10. The fraction of sp³-hybridized carbons (Fsp3) is 0.389. The molecule has 0 radical (unpaired) electrons. The number of carbonyl (C=O) groups excluding carboxylic acids is 1. The number of morpholine rings is 1. The van der Waals surface area contributed by atoms with Crippen LogP contribution in [0.4, 0.5) is 0 Å². The molecule has 0 spiro atoms. The summed E-state index contributed by atoms with van der Waals surface area (Å²) < 4.78 is 7.54. The lowest BCUT2D eigenvalue weighted by Crippen LogP contribution is -2.44. The molecule has 1 aromatic carbocycles. The third-order valence-corrected chi connectivity index (χ3v) is 5.19. The lowest BCUT2D eigenvalue weighted by atomic mass is 10.1. The topological polar surface area (TPSA) is 46.5 Å². The number of nitrogens with zero attached hydrogens (tertiary/aromatic N) is 2. The highest BCUT2D eigenvalue weighted by Crippen LogP contribution is 2.24. The van der Waals surface area contributed by atoms with Crippen molar-refractivity contribution >= 4 is 29.1 Å². The number of aryl methyl sites for hydroxylation is 1. The van der Waals surface area contributed by atoms with Gasteiger partial charge in [-0.15, -0.1) is 0 Å². The molecule has 1 fully saturated rings. The van der Waals surface area contributed by atoms with Gasteiger partial charge < -0.3 is 14.6 Å². The molecule has 5 nitrogen and oxygen atoms in total. The molecule has 1 aliphatic heterocycles. The van der Waals surface area contributed by atoms with Gasteiger partial charge in [0.05, 0.1) is 29.3 Å². The minimum Gasteiger partial charge on any atom is -0.379 e. The van der Waals surface area contributed by atoms with Crippen molar-refractivity contribution < 1.29 is 9.53 Å². The van der Waals surface area contributed by atoms with Gasteiger partial charge in [0.1, 0.15) is 0 Å². The van der Waals surface area contributed by atoms with Crippen molar-refractivity contribution in [1.29, 1.82) is 0 Å². The molecule has 1 amide bonds. The largest absolute Gasteiger partial charge is 0.379 e. The zero-order valence-corrected chi connectivity index (χ0v) is 15.6. The van der Waals surface area contributed by atoms with Gasteiger partial charge in [0.25, 0.3) is 5.91 Å². The monoisotopic (exact) mass is 381 g/mol. The molecule has 3 rings (SSSR count). The third kappa shape index (κ3) is 4.36. The Bertz CT molecular complexity index is 742. The minimum atomic E-state index is -0.161. The number of carbonyl (C=O) groups is 1. The van der Waals surface area contributed by atoms with Gasteiger partial charge in [0, 0.05) is 44.1 Å². The van der Waals surface area contributed by atoms with Gasteiger partial charge in [-0.25, -0.2) is 0 Å². The van der Waals surface area contributed by atoms with Gasteiger partial charge in [-0.3, -0.25) is 9.69 Å². The summed E-state index contributed by atoms with van der Waals surface area (Å²) in [6.07, 6.45) is 2.02. The van der Waals surface area contributed by atoms with Gasteiger partial charge in [-0.2, -0.15) is 0 Å². The van der Waals surface area contributed by atoms with E-state index in [1.807, 2.05) is 19.3 Å². The molecule has 134 valence electrons. The van der Waals surface area contributed by atoms with Gasteiger partial charge >= 0.3 is 0 Å². The minimum absolute atomic E-state index is 0.0932. The SMILES string of the molecule is Cn1cccc1[C@H](CNC(=O)c1ccc(Cl)c(Cl)c1)N1CCOCC1. The van der Waals surface area contributed by atoms with E-state index in [9.17, 15) is 4.79 Å². The zero-order chi connectivity index (χ0) is 17.8. The standard InChI is InChI=1S/C18H21Cl2N3O2/c1-22-6-2-3-16(22)17(23-7-9-25-10-8-23)12-21-18(24)13-4-5-14(19)15(20)11-13/h2-6,11,17H,7-10,12H2,1H3,(H,21,24)/t17-/m0/s1. The third-order valence-electron chi connectivity index (χ3n) is 4.45. The van der Waals surface area contributed by atoms with Crippen molar-refractivity contribution in [2.45, 2.75) is 6.04 Å². The van der Waals surface area contributed by atoms with Crippen LogP contribution in [0.3, 0.4) is 0 Å². The molecule has 0 unspecified atom stereocenters. The van der Waals surface area contributed by atoms with E-state index in [2.05, 4.69) is 20.9 Å². The second-order valence-electron chi connectivity index (χ2n) is 6.05. The fourth-order valence-corrected chi connectivity index (χ4v) is 3.36. The van der Waals surface area contributed by atoms with E-state index >= 15 is 0 Å². The fourth-order valence-electron chi connectivity index (χ4n) is 3.06. The average molecular weight is 382 g/mol. The number of ether oxygens (including phenoxy) is 1. The predicted molar refractivity (Wildman–Crippen MR) is 99.3 cm³/mol. The molecule has 0 saturated carbocycles. The summed E-state index contributed by atoms with van der Waals surface area (Å²) in [5.41, 5.74) is 1.67. The average Bonchev–Trinajstić information content (AvgIpc) is 3.04. The molecule has 1 atom stereocenters. The number of rotatable bonds is 5. The predicted octanol–water partition coefficient (Wildman–Crippen LogP) is 3.14. The van der Waals surface area contributed by atoms with Crippen LogP contribution in [-0.2, 0) is 11.8 Å². The van der Waals surface area contributed by atoms with Crippen LogP contribution < -0.4 is 5.32 Å². The van der Waals surface area contributed by atoms with Crippen LogP contribution in [0.5, 0.6) is 0 Å². The smallest absolute Gasteiger partial charge is 0.251 e. The number of halogens is 2. The molecule has 2 heterocycles. The highest BCUT2D eigenvalue weighted by atomic mass is 35.5. The van der Waals surface area contributed by atoms with Crippen molar-refractivity contribution in [3.8, 4) is 0 Å². The Morgan fingerprint density at radius 2 is 2.00 bits per heavy atom. The molecule has 0 bridgehead atoms. The summed E-state index contributed by atoms with van der Waals surface area (Å²) in [7, 11) is 2.02. The van der Waals surface area contributed by atoms with Gasteiger partial charge in [-0.05, 0) is 30.3 Å². The van der Waals surface area contributed by atoms with Crippen molar-refractivity contribution in [3.05, 3.63) is 57.8 Å². The van der Waals surface area contributed by atoms with Crippen LogP contribution in [0.15, 0.2) is 36.5 Å². The number of amides is 1. The summed E-state index contributed by atoms with van der Waals surface area (Å²) >= 11 is 11.9. The van der Waals surface area contributed by atoms with Crippen molar-refractivity contribution in [3.63, 3.8) is 0 Å². The van der Waals surface area contributed by atoms with Gasteiger partial charge in [0.15, 0.2) is 0 Å². The summed E-state index contributed by atoms with van der Waals surface area (Å²) in [5, 5.41) is 3.84. The van der Waals surface area contributed by atoms with E-state index in [0.29, 0.717) is 35.4 Å². The molecular formula is C18H21Cl2N3O2. The summed E-state index contributed by atoms with van der Waals surface area (Å²) in [4.78, 5) is 14.8. The maximum atomic E-state index is 12.5. The molecule has 1 aliphatic rings. The first-order valence-corrected chi connectivity index (χ1v) is 8.98. The Morgan fingerprint density at radius 1 is 1.24 bits per heavy atom. The maximum Gasteiger partial charge on any atom is 0.251 e. The number of benzene rings is 1. The molecule has 1 aromatic heterocycles. The van der Waals surface area contributed by atoms with Crippen molar-refractivity contribution in [2.75, 3.05) is 32.8 Å². The van der Waals surface area contributed by atoms with E-state index in [1.165, 1.54) is 0 Å². The Balaban J connectivity index is 1.72. The van der Waals surface area contributed by atoms with Crippen LogP contribution >= 0.6 is 23.2 Å². The first-order valence-electron chi connectivity index (χ1n) is 8.22. The van der Waals surface area contributed by atoms with Gasteiger partial charge in [-0.1, -0.05) is 23.2 Å². The second kappa shape index (κ2) is 8.23. The number of hydrogen-bond donors (Lipinski definition) is 1. The molecule has 2 aromatic rings. The van der Waals surface area contributed by atoms with Crippen LogP contribution in [0, 0.1) is 0 Å². The molecular weight excluding hydrogens is 361 g/mol. The Kier molecular flexibility index (Phi) is 6.02. The normalized spacial score (nSPS) is 16.6. The van der Waals surface area contributed by atoms with Gasteiger partial charge in [0.2, 0.25) is 0 Å². The van der Waals surface area contributed by atoms with E-state index in [-0.39, 0.29) is 11.9 Å². The zero-order valence-electron chi connectivity index (χ0n) is 14.0. The summed E-state index contributed by atoms with van der Waals surface area (Å²) in [6.45, 7) is 3.62. The first-order chi connectivity index (χ1) is 12.1. The van der Waals surface area contributed by atoms with E-state index < -0.39 is 0 Å². The van der Waals surface area contributed by atoms with E-state index in [4.69, 9.17) is 27.9 Å². The van der Waals surface area contributed by atoms with Crippen molar-refractivity contribution in [1.82, 2.24) is 14.8 Å². The highest BCUT2D eigenvalue weighted by molar-refractivity contribution is 6.42. The van der Waals surface area contributed by atoms with Crippen LogP contribution in [0.1, 0.15) is 22.1 Å². The number of aromatic nitrogens is 1. The van der Waals surface area contributed by atoms with E-state index in [1.54, 1.807) is 18.2 Å². The first kappa shape index (κ1) is 18.3. The molecule has 1 saturated heterocycles. The Hall–Kier alpha value is -1.53. The van der Waals surface area contributed by atoms with Crippen LogP contribution in [0.2, 0.25) is 10.0 Å². The molecule has 25 heavy (non-hydrogen) atoms. The number of hydrogen-bond acceptors (Lipinski definition) is 3. The lowest BCUT2D eigenvalue weighted by molar-refractivity contribution is 0.0148.